The highest BCUT2D eigenvalue weighted by atomic mass is 19.1. The number of aliphatic hydroxyl groups is 1. The molecular weight excluding hydrogens is 201 g/mol. The lowest BCUT2D eigenvalue weighted by Crippen LogP contribution is -2.58. The van der Waals surface area contributed by atoms with E-state index in [0.29, 0.717) is 6.42 Å². The molecule has 15 heavy (non-hydrogen) atoms. The Kier molecular flexibility index (Phi) is 4.04. The van der Waals surface area contributed by atoms with Crippen molar-refractivity contribution in [3.05, 3.63) is 0 Å². The van der Waals surface area contributed by atoms with E-state index in [-0.39, 0.29) is 5.91 Å². The highest BCUT2D eigenvalue weighted by Crippen LogP contribution is 2.28. The van der Waals surface area contributed by atoms with E-state index in [1.165, 1.54) is 6.92 Å². The molecule has 0 aromatic heterocycles. The molecule has 1 aliphatic rings. The molecular formula is C10H18FNO3. The Hall–Kier alpha value is -0.680. The number of carbonyl (C=O) groups excluding carboxylic acids is 1. The van der Waals surface area contributed by atoms with Gasteiger partial charge in [0.05, 0.1) is 12.1 Å². The summed E-state index contributed by atoms with van der Waals surface area (Å²) in [7, 11) is 0. The number of hydrogen-bond donors (Lipinski definition) is 2. The number of aliphatic hydroxyl groups excluding tert-OH is 1. The summed E-state index contributed by atoms with van der Waals surface area (Å²) >= 11 is 0. The van der Waals surface area contributed by atoms with Crippen molar-refractivity contribution >= 4 is 5.91 Å². The number of nitrogens with one attached hydrogen (secondary N) is 1. The SMILES string of the molecule is CCC1OC(O)[C@@H](NC(C)=O)C(C)[C@@H]1F. The maximum Gasteiger partial charge on any atom is 0.217 e. The van der Waals surface area contributed by atoms with Crippen LogP contribution in [0.25, 0.3) is 0 Å². The van der Waals surface area contributed by atoms with Crippen molar-refractivity contribution in [1.82, 2.24) is 5.32 Å². The molecule has 1 saturated heterocycles. The first-order chi connectivity index (χ1) is 6.97. The van der Waals surface area contributed by atoms with Crippen LogP contribution in [0.5, 0.6) is 0 Å². The Morgan fingerprint density at radius 2 is 2.20 bits per heavy atom. The fourth-order valence-corrected chi connectivity index (χ4v) is 1.89. The average Bonchev–Trinajstić information content (AvgIpc) is 2.18. The molecule has 0 radical (unpaired) electrons. The van der Waals surface area contributed by atoms with Crippen LogP contribution < -0.4 is 5.32 Å². The molecule has 1 fully saturated rings. The van der Waals surface area contributed by atoms with Gasteiger partial charge >= 0.3 is 0 Å². The molecule has 0 aromatic rings. The number of amides is 1. The zero-order valence-electron chi connectivity index (χ0n) is 9.24. The number of hydrogen-bond acceptors (Lipinski definition) is 3. The fraction of sp³-hybridized carbons (Fsp3) is 0.900. The molecule has 2 N–H and O–H groups in total. The normalized spacial score (nSPS) is 41.3. The van der Waals surface area contributed by atoms with E-state index in [0.717, 1.165) is 0 Å². The van der Waals surface area contributed by atoms with Crippen molar-refractivity contribution in [2.45, 2.75) is 51.8 Å². The zero-order valence-corrected chi connectivity index (χ0v) is 9.24. The monoisotopic (exact) mass is 219 g/mol. The second-order valence-electron chi connectivity index (χ2n) is 4.00. The Bertz CT molecular complexity index is 237. The summed E-state index contributed by atoms with van der Waals surface area (Å²) in [6.45, 7) is 4.80. The lowest BCUT2D eigenvalue weighted by atomic mass is 9.89. The summed E-state index contributed by atoms with van der Waals surface area (Å²) < 4.78 is 18.8. The summed E-state index contributed by atoms with van der Waals surface area (Å²) in [5.41, 5.74) is 0. The second kappa shape index (κ2) is 4.90. The van der Waals surface area contributed by atoms with Gasteiger partial charge in [-0.2, -0.15) is 0 Å². The van der Waals surface area contributed by atoms with E-state index in [1.807, 2.05) is 0 Å². The first-order valence-corrected chi connectivity index (χ1v) is 5.22. The van der Waals surface area contributed by atoms with Crippen LogP contribution in [0.4, 0.5) is 4.39 Å². The van der Waals surface area contributed by atoms with E-state index < -0.39 is 30.5 Å². The van der Waals surface area contributed by atoms with Crippen LogP contribution in [0.1, 0.15) is 27.2 Å². The van der Waals surface area contributed by atoms with Crippen LogP contribution in [0.3, 0.4) is 0 Å². The van der Waals surface area contributed by atoms with Crippen molar-refractivity contribution in [3.8, 4) is 0 Å². The van der Waals surface area contributed by atoms with Crippen LogP contribution in [-0.4, -0.2) is 35.6 Å². The topological polar surface area (TPSA) is 58.6 Å². The summed E-state index contributed by atoms with van der Waals surface area (Å²) in [6.07, 6.45) is -2.36. The predicted octanol–water partition coefficient (Wildman–Crippen LogP) is 0.592. The number of halogens is 1. The third-order valence-electron chi connectivity index (χ3n) is 2.82. The van der Waals surface area contributed by atoms with Gasteiger partial charge in [0, 0.05) is 12.8 Å². The highest BCUT2D eigenvalue weighted by Gasteiger charge is 2.42. The van der Waals surface area contributed by atoms with Crippen molar-refractivity contribution in [3.63, 3.8) is 0 Å². The van der Waals surface area contributed by atoms with Crippen LogP contribution in [0.2, 0.25) is 0 Å². The lowest BCUT2D eigenvalue weighted by Gasteiger charge is -2.40. The maximum absolute atomic E-state index is 13.7. The Morgan fingerprint density at radius 1 is 1.60 bits per heavy atom. The molecule has 0 saturated carbocycles. The Morgan fingerprint density at radius 3 is 2.67 bits per heavy atom. The molecule has 1 aliphatic heterocycles. The molecule has 0 aromatic carbocycles. The molecule has 88 valence electrons. The highest BCUT2D eigenvalue weighted by molar-refractivity contribution is 5.73. The van der Waals surface area contributed by atoms with Gasteiger partial charge in [-0.25, -0.2) is 4.39 Å². The minimum Gasteiger partial charge on any atom is -0.366 e. The van der Waals surface area contributed by atoms with Gasteiger partial charge in [-0.3, -0.25) is 4.79 Å². The predicted molar refractivity (Wildman–Crippen MR) is 52.8 cm³/mol. The van der Waals surface area contributed by atoms with Crippen LogP contribution in [-0.2, 0) is 9.53 Å². The standard InChI is InChI=1S/C10H18FNO3/c1-4-7-8(11)5(2)9(10(14)15-7)12-6(3)13/h5,7-10,14H,4H2,1-3H3,(H,12,13)/t5?,7?,8-,9-,10?/m0/s1. The molecule has 3 unspecified atom stereocenters. The summed E-state index contributed by atoms with van der Waals surface area (Å²) in [6, 6.07) is -0.666. The van der Waals surface area contributed by atoms with Crippen LogP contribution >= 0.6 is 0 Å². The third kappa shape index (κ3) is 2.66. The molecule has 4 nitrogen and oxygen atoms in total. The van der Waals surface area contributed by atoms with Gasteiger partial charge in [0.25, 0.3) is 0 Å². The molecule has 0 aliphatic carbocycles. The number of carbonyl (C=O) groups is 1. The molecule has 0 spiro atoms. The molecule has 0 bridgehead atoms. The molecule has 5 heteroatoms. The Labute approximate surface area is 88.8 Å². The summed E-state index contributed by atoms with van der Waals surface area (Å²) in [4.78, 5) is 10.9. The van der Waals surface area contributed by atoms with Gasteiger partial charge in [-0.15, -0.1) is 0 Å². The maximum atomic E-state index is 13.7. The van der Waals surface area contributed by atoms with Gasteiger partial charge in [-0.1, -0.05) is 13.8 Å². The van der Waals surface area contributed by atoms with E-state index >= 15 is 0 Å². The molecule has 1 rings (SSSR count). The summed E-state index contributed by atoms with van der Waals surface area (Å²) in [5.74, 6) is -0.737. The first kappa shape index (κ1) is 12.4. The van der Waals surface area contributed by atoms with Crippen LogP contribution in [0, 0.1) is 5.92 Å². The number of ether oxygens (including phenoxy) is 1. The fourth-order valence-electron chi connectivity index (χ4n) is 1.89. The minimum absolute atomic E-state index is 0.295. The lowest BCUT2D eigenvalue weighted by molar-refractivity contribution is -0.217. The summed E-state index contributed by atoms with van der Waals surface area (Å²) in [5, 5.41) is 12.1. The van der Waals surface area contributed by atoms with E-state index in [1.54, 1.807) is 13.8 Å². The smallest absolute Gasteiger partial charge is 0.217 e. The second-order valence-corrected chi connectivity index (χ2v) is 4.00. The number of rotatable bonds is 2. The van der Waals surface area contributed by atoms with Crippen molar-refractivity contribution in [2.24, 2.45) is 5.92 Å². The molecule has 5 atom stereocenters. The quantitative estimate of drug-likeness (QED) is 0.714. The van der Waals surface area contributed by atoms with E-state index in [9.17, 15) is 14.3 Å². The molecule has 1 amide bonds. The zero-order chi connectivity index (χ0) is 11.6. The Balaban J connectivity index is 2.70. The largest absolute Gasteiger partial charge is 0.366 e. The number of alkyl halides is 1. The molecule has 1 heterocycles. The minimum atomic E-state index is -1.16. The third-order valence-corrected chi connectivity index (χ3v) is 2.82. The van der Waals surface area contributed by atoms with Gasteiger partial charge in [0.1, 0.15) is 6.17 Å². The van der Waals surface area contributed by atoms with Crippen molar-refractivity contribution < 1.29 is 19.0 Å². The van der Waals surface area contributed by atoms with Crippen molar-refractivity contribution in [1.29, 1.82) is 0 Å². The van der Waals surface area contributed by atoms with Gasteiger partial charge < -0.3 is 15.2 Å². The van der Waals surface area contributed by atoms with Gasteiger partial charge in [-0.05, 0) is 6.42 Å². The van der Waals surface area contributed by atoms with Crippen molar-refractivity contribution in [2.75, 3.05) is 0 Å². The van der Waals surface area contributed by atoms with Gasteiger partial charge in [0.2, 0.25) is 5.91 Å². The average molecular weight is 219 g/mol. The first-order valence-electron chi connectivity index (χ1n) is 5.22. The van der Waals surface area contributed by atoms with Gasteiger partial charge in [0.15, 0.2) is 6.29 Å². The van der Waals surface area contributed by atoms with E-state index in [2.05, 4.69) is 5.32 Å². The van der Waals surface area contributed by atoms with Crippen LogP contribution in [0.15, 0.2) is 0 Å². The van der Waals surface area contributed by atoms with E-state index in [4.69, 9.17) is 4.74 Å².